The number of halogens is 1. The Hall–Kier alpha value is -2.97. The molecule has 0 unspecified atom stereocenters. The third-order valence-electron chi connectivity index (χ3n) is 5.83. The molecule has 1 saturated heterocycles. The summed E-state index contributed by atoms with van der Waals surface area (Å²) in [6.07, 6.45) is 1.36. The van der Waals surface area contributed by atoms with Crippen molar-refractivity contribution in [3.63, 3.8) is 0 Å². The van der Waals surface area contributed by atoms with Gasteiger partial charge in [-0.15, -0.1) is 10.2 Å². The van der Waals surface area contributed by atoms with Crippen LogP contribution < -0.4 is 10.2 Å². The first-order valence-corrected chi connectivity index (χ1v) is 12.6. The van der Waals surface area contributed by atoms with Crippen LogP contribution in [0.15, 0.2) is 70.6 Å². The number of aromatic nitrogens is 2. The SMILES string of the molecule is Cc1ccc(S(=O)(=O)c2ccc(N3CCC(C(=O)NCc4ccccc4Cl)CC3)nn2)cc1. The monoisotopic (exact) mass is 484 g/mol. The summed E-state index contributed by atoms with van der Waals surface area (Å²) in [7, 11) is -3.71. The van der Waals surface area contributed by atoms with Crippen LogP contribution in [0, 0.1) is 12.8 Å². The summed E-state index contributed by atoms with van der Waals surface area (Å²) in [5.41, 5.74) is 1.87. The second-order valence-electron chi connectivity index (χ2n) is 8.12. The molecule has 1 aromatic heterocycles. The van der Waals surface area contributed by atoms with Crippen LogP contribution >= 0.6 is 11.6 Å². The highest BCUT2D eigenvalue weighted by atomic mass is 35.5. The van der Waals surface area contributed by atoms with Crippen molar-refractivity contribution in [2.75, 3.05) is 18.0 Å². The van der Waals surface area contributed by atoms with Crippen molar-refractivity contribution in [1.82, 2.24) is 15.5 Å². The number of carbonyl (C=O) groups is 1. The molecule has 33 heavy (non-hydrogen) atoms. The van der Waals surface area contributed by atoms with E-state index in [1.165, 1.54) is 6.07 Å². The Labute approximate surface area is 198 Å². The quantitative estimate of drug-likeness (QED) is 0.572. The van der Waals surface area contributed by atoms with E-state index in [1.807, 2.05) is 30.0 Å². The van der Waals surface area contributed by atoms with Crippen molar-refractivity contribution in [2.45, 2.75) is 36.2 Å². The van der Waals surface area contributed by atoms with Crippen molar-refractivity contribution in [2.24, 2.45) is 5.92 Å². The van der Waals surface area contributed by atoms with Crippen molar-refractivity contribution < 1.29 is 13.2 Å². The summed E-state index contributed by atoms with van der Waals surface area (Å²) in [6, 6.07) is 17.3. The number of carbonyl (C=O) groups excluding carboxylic acids is 1. The lowest BCUT2D eigenvalue weighted by Crippen LogP contribution is -2.40. The molecule has 9 heteroatoms. The third kappa shape index (κ3) is 5.34. The topological polar surface area (TPSA) is 92.3 Å². The molecule has 4 rings (SSSR count). The zero-order valence-electron chi connectivity index (χ0n) is 18.2. The number of benzene rings is 2. The molecule has 1 amide bonds. The molecule has 1 fully saturated rings. The number of nitrogens with zero attached hydrogens (tertiary/aromatic N) is 3. The van der Waals surface area contributed by atoms with Gasteiger partial charge in [0.2, 0.25) is 15.7 Å². The predicted octanol–water partition coefficient (Wildman–Crippen LogP) is 3.80. The van der Waals surface area contributed by atoms with Gasteiger partial charge in [-0.2, -0.15) is 0 Å². The van der Waals surface area contributed by atoms with Gasteiger partial charge in [0, 0.05) is 30.6 Å². The van der Waals surface area contributed by atoms with Gasteiger partial charge in [0.25, 0.3) is 0 Å². The van der Waals surface area contributed by atoms with E-state index in [9.17, 15) is 13.2 Å². The van der Waals surface area contributed by atoms with E-state index in [0.717, 1.165) is 11.1 Å². The number of aryl methyl sites for hydroxylation is 1. The second kappa shape index (κ2) is 9.89. The molecule has 7 nitrogen and oxygen atoms in total. The van der Waals surface area contributed by atoms with Gasteiger partial charge in [-0.25, -0.2) is 8.42 Å². The van der Waals surface area contributed by atoms with E-state index in [1.54, 1.807) is 36.4 Å². The molecule has 2 heterocycles. The van der Waals surface area contributed by atoms with Crippen LogP contribution in [-0.2, 0) is 21.2 Å². The Morgan fingerprint density at radius 2 is 1.73 bits per heavy atom. The summed E-state index contributed by atoms with van der Waals surface area (Å²) < 4.78 is 25.5. The van der Waals surface area contributed by atoms with Gasteiger partial charge >= 0.3 is 0 Å². The van der Waals surface area contributed by atoms with Gasteiger partial charge in [-0.3, -0.25) is 4.79 Å². The van der Waals surface area contributed by atoms with Crippen molar-refractivity contribution in [3.05, 3.63) is 76.8 Å². The van der Waals surface area contributed by atoms with E-state index >= 15 is 0 Å². The van der Waals surface area contributed by atoms with Gasteiger partial charge in [0.05, 0.1) is 4.90 Å². The molecule has 0 radical (unpaired) electrons. The Bertz CT molecular complexity index is 1220. The van der Waals surface area contributed by atoms with E-state index in [0.29, 0.717) is 43.3 Å². The predicted molar refractivity (Wildman–Crippen MR) is 127 cm³/mol. The van der Waals surface area contributed by atoms with Crippen LogP contribution in [0.1, 0.15) is 24.0 Å². The molecule has 172 valence electrons. The lowest BCUT2D eigenvalue weighted by Gasteiger charge is -2.31. The van der Waals surface area contributed by atoms with Crippen LogP contribution in [-0.4, -0.2) is 37.6 Å². The van der Waals surface area contributed by atoms with Gasteiger partial charge in [-0.1, -0.05) is 47.5 Å². The van der Waals surface area contributed by atoms with Gasteiger partial charge < -0.3 is 10.2 Å². The van der Waals surface area contributed by atoms with Crippen LogP contribution in [0.3, 0.4) is 0 Å². The standard InChI is InChI=1S/C24H25ClN4O3S/c1-17-6-8-20(9-7-17)33(31,32)23-11-10-22(27-28-23)29-14-12-18(13-15-29)24(30)26-16-19-4-2-3-5-21(19)25/h2-11,18H,12-16H2,1H3,(H,26,30). The van der Waals surface area contributed by atoms with E-state index in [2.05, 4.69) is 15.5 Å². The number of hydrogen-bond acceptors (Lipinski definition) is 6. The van der Waals surface area contributed by atoms with E-state index in [-0.39, 0.29) is 21.7 Å². The fraction of sp³-hybridized carbons (Fsp3) is 0.292. The lowest BCUT2D eigenvalue weighted by molar-refractivity contribution is -0.125. The number of nitrogens with one attached hydrogen (secondary N) is 1. The Balaban J connectivity index is 1.34. The number of rotatable bonds is 6. The largest absolute Gasteiger partial charge is 0.355 e. The molecule has 0 bridgehead atoms. The molecular weight excluding hydrogens is 460 g/mol. The number of sulfone groups is 1. The minimum atomic E-state index is -3.71. The van der Waals surface area contributed by atoms with Crippen molar-refractivity contribution in [1.29, 1.82) is 0 Å². The maximum absolute atomic E-state index is 12.8. The number of anilines is 1. The van der Waals surface area contributed by atoms with Gasteiger partial charge in [-0.05, 0) is 55.7 Å². The van der Waals surface area contributed by atoms with Crippen molar-refractivity contribution in [3.8, 4) is 0 Å². The Kier molecular flexibility index (Phi) is 6.95. The van der Waals surface area contributed by atoms with E-state index in [4.69, 9.17) is 11.6 Å². The minimum absolute atomic E-state index is 0.0141. The summed E-state index contributed by atoms with van der Waals surface area (Å²) in [5.74, 6) is 0.533. The molecule has 0 saturated carbocycles. The normalized spacial score (nSPS) is 14.8. The second-order valence-corrected chi connectivity index (χ2v) is 10.4. The molecule has 3 aromatic rings. The summed E-state index contributed by atoms with van der Waals surface area (Å²) in [4.78, 5) is 14.8. The summed E-state index contributed by atoms with van der Waals surface area (Å²) in [5, 5.41) is 11.7. The third-order valence-corrected chi connectivity index (χ3v) is 7.86. The van der Waals surface area contributed by atoms with Crippen LogP contribution in [0.4, 0.5) is 5.82 Å². The maximum atomic E-state index is 12.8. The van der Waals surface area contributed by atoms with E-state index < -0.39 is 9.84 Å². The maximum Gasteiger partial charge on any atom is 0.225 e. The highest BCUT2D eigenvalue weighted by Gasteiger charge is 2.26. The molecule has 1 aliphatic heterocycles. The summed E-state index contributed by atoms with van der Waals surface area (Å²) in [6.45, 7) is 3.59. The van der Waals surface area contributed by atoms with Crippen LogP contribution in [0.2, 0.25) is 5.02 Å². The lowest BCUT2D eigenvalue weighted by atomic mass is 9.96. The molecule has 0 aliphatic carbocycles. The first-order valence-electron chi connectivity index (χ1n) is 10.8. The van der Waals surface area contributed by atoms with Crippen LogP contribution in [0.25, 0.3) is 0 Å². The molecular formula is C24H25ClN4O3S. The highest BCUT2D eigenvalue weighted by Crippen LogP contribution is 2.24. The van der Waals surface area contributed by atoms with Crippen molar-refractivity contribution >= 4 is 33.2 Å². The van der Waals surface area contributed by atoms with Crippen LogP contribution in [0.5, 0.6) is 0 Å². The molecule has 0 atom stereocenters. The number of amides is 1. The molecule has 1 aliphatic rings. The van der Waals surface area contributed by atoms with Gasteiger partial charge in [0.1, 0.15) is 0 Å². The zero-order chi connectivity index (χ0) is 23.4. The fourth-order valence-electron chi connectivity index (χ4n) is 3.80. The smallest absolute Gasteiger partial charge is 0.225 e. The molecule has 1 N–H and O–H groups in total. The number of hydrogen-bond donors (Lipinski definition) is 1. The first kappa shape index (κ1) is 23.2. The summed E-state index contributed by atoms with van der Waals surface area (Å²) >= 11 is 6.15. The average molecular weight is 485 g/mol. The highest BCUT2D eigenvalue weighted by molar-refractivity contribution is 7.91. The minimum Gasteiger partial charge on any atom is -0.355 e. The average Bonchev–Trinajstić information content (AvgIpc) is 2.84. The fourth-order valence-corrected chi connectivity index (χ4v) is 5.14. The Morgan fingerprint density at radius 3 is 2.36 bits per heavy atom. The number of piperidine rings is 1. The molecule has 2 aromatic carbocycles. The Morgan fingerprint density at radius 1 is 1.03 bits per heavy atom. The van der Waals surface area contributed by atoms with Gasteiger partial charge in [0.15, 0.2) is 10.8 Å². The zero-order valence-corrected chi connectivity index (χ0v) is 19.8. The first-order chi connectivity index (χ1) is 15.8. The molecule has 0 spiro atoms.